The normalized spacial score (nSPS) is 19.8. The van der Waals surface area contributed by atoms with E-state index < -0.39 is 0 Å². The maximum atomic E-state index is 12.4. The summed E-state index contributed by atoms with van der Waals surface area (Å²) in [6, 6.07) is 0.265. The molecule has 6 heteroatoms. The van der Waals surface area contributed by atoms with Crippen LogP contribution >= 0.6 is 11.3 Å². The van der Waals surface area contributed by atoms with Gasteiger partial charge in [0, 0.05) is 19.1 Å². The molecule has 0 bridgehead atoms. The van der Waals surface area contributed by atoms with Gasteiger partial charge in [0.15, 0.2) is 5.13 Å². The van der Waals surface area contributed by atoms with Crippen LogP contribution in [0.3, 0.4) is 0 Å². The molecule has 1 unspecified atom stereocenters. The number of aromatic nitrogens is 1. The maximum absolute atomic E-state index is 12.4. The minimum absolute atomic E-state index is 0.0528. The number of nitrogens with zero attached hydrogens (tertiary/aromatic N) is 2. The standard InChI is InChI=1S/C15H24N4OS/c1-2-11(9-10-5-6-10)17-14(20)12-13(16)18-15(21-12)19-7-3-4-8-19/h10-11H,2-9,16H2,1H3,(H,17,20). The van der Waals surface area contributed by atoms with Gasteiger partial charge in [0.05, 0.1) is 0 Å². The third-order valence-electron chi connectivity index (χ3n) is 4.37. The van der Waals surface area contributed by atoms with Crippen LogP contribution in [0.15, 0.2) is 0 Å². The molecular weight excluding hydrogens is 284 g/mol. The minimum Gasteiger partial charge on any atom is -0.382 e. The van der Waals surface area contributed by atoms with Crippen LogP contribution in [0.1, 0.15) is 55.1 Å². The Labute approximate surface area is 129 Å². The summed E-state index contributed by atoms with van der Waals surface area (Å²) in [5.41, 5.74) is 5.95. The Balaban J connectivity index is 1.65. The van der Waals surface area contributed by atoms with E-state index >= 15 is 0 Å². The number of nitrogens with one attached hydrogen (secondary N) is 1. The zero-order valence-corrected chi connectivity index (χ0v) is 13.4. The highest BCUT2D eigenvalue weighted by Gasteiger charge is 2.27. The van der Waals surface area contributed by atoms with Crippen molar-refractivity contribution in [1.82, 2.24) is 10.3 Å². The fourth-order valence-corrected chi connectivity index (χ4v) is 3.80. The number of rotatable bonds is 6. The molecule has 1 aromatic rings. The van der Waals surface area contributed by atoms with Crippen molar-refractivity contribution in [2.75, 3.05) is 23.7 Å². The average Bonchev–Trinajstić information content (AvgIpc) is 2.98. The Morgan fingerprint density at radius 2 is 2.19 bits per heavy atom. The molecule has 1 saturated heterocycles. The number of hydrogen-bond donors (Lipinski definition) is 2. The van der Waals surface area contributed by atoms with E-state index in [1.54, 1.807) is 0 Å². The van der Waals surface area contributed by atoms with Crippen molar-refractivity contribution < 1.29 is 4.79 Å². The summed E-state index contributed by atoms with van der Waals surface area (Å²) in [7, 11) is 0. The van der Waals surface area contributed by atoms with Gasteiger partial charge in [-0.05, 0) is 31.6 Å². The van der Waals surface area contributed by atoms with E-state index in [0.29, 0.717) is 10.7 Å². The van der Waals surface area contributed by atoms with Crippen LogP contribution in [0.5, 0.6) is 0 Å². The summed E-state index contributed by atoms with van der Waals surface area (Å²) in [6.07, 6.45) is 7.09. The van der Waals surface area contributed by atoms with Crippen molar-refractivity contribution in [3.8, 4) is 0 Å². The highest BCUT2D eigenvalue weighted by Crippen LogP contribution is 2.34. The van der Waals surface area contributed by atoms with E-state index in [9.17, 15) is 4.79 Å². The monoisotopic (exact) mass is 308 g/mol. The lowest BCUT2D eigenvalue weighted by atomic mass is 10.1. The second kappa shape index (κ2) is 6.22. The largest absolute Gasteiger partial charge is 0.382 e. The number of hydrogen-bond acceptors (Lipinski definition) is 5. The van der Waals surface area contributed by atoms with E-state index in [2.05, 4.69) is 22.1 Å². The molecule has 1 amide bonds. The number of nitrogen functional groups attached to an aromatic ring is 1. The van der Waals surface area contributed by atoms with Crippen LogP contribution in [-0.2, 0) is 0 Å². The lowest BCUT2D eigenvalue weighted by molar-refractivity contribution is 0.0937. The van der Waals surface area contributed by atoms with Crippen LogP contribution in [0.4, 0.5) is 10.9 Å². The van der Waals surface area contributed by atoms with Gasteiger partial charge in [0.1, 0.15) is 10.7 Å². The van der Waals surface area contributed by atoms with Crippen LogP contribution < -0.4 is 16.0 Å². The van der Waals surface area contributed by atoms with Crippen molar-refractivity contribution in [3.05, 3.63) is 4.88 Å². The molecule has 2 aliphatic rings. The van der Waals surface area contributed by atoms with E-state index in [-0.39, 0.29) is 11.9 Å². The molecule has 3 N–H and O–H groups in total. The second-order valence-electron chi connectivity index (χ2n) is 6.16. The Hall–Kier alpha value is -1.30. The van der Waals surface area contributed by atoms with Crippen molar-refractivity contribution in [1.29, 1.82) is 0 Å². The van der Waals surface area contributed by atoms with Crippen molar-refractivity contribution >= 4 is 28.2 Å². The van der Waals surface area contributed by atoms with E-state index in [4.69, 9.17) is 5.73 Å². The number of carbonyl (C=O) groups is 1. The van der Waals surface area contributed by atoms with E-state index in [1.807, 2.05) is 0 Å². The molecule has 1 aliphatic carbocycles. The van der Waals surface area contributed by atoms with Gasteiger partial charge >= 0.3 is 0 Å². The second-order valence-corrected chi connectivity index (χ2v) is 7.14. The zero-order valence-electron chi connectivity index (χ0n) is 12.6. The lowest BCUT2D eigenvalue weighted by Gasteiger charge is -2.16. The Morgan fingerprint density at radius 1 is 1.48 bits per heavy atom. The summed E-state index contributed by atoms with van der Waals surface area (Å²) in [4.78, 5) is 19.6. The summed E-state index contributed by atoms with van der Waals surface area (Å²) in [6.45, 7) is 4.17. The number of nitrogens with two attached hydrogens (primary N) is 1. The molecule has 1 atom stereocenters. The fraction of sp³-hybridized carbons (Fsp3) is 0.733. The molecule has 2 heterocycles. The molecular formula is C15H24N4OS. The molecule has 0 aromatic carbocycles. The SMILES string of the molecule is CCC(CC1CC1)NC(=O)c1sc(N2CCCC2)nc1N. The smallest absolute Gasteiger partial charge is 0.265 e. The van der Waals surface area contributed by atoms with Gasteiger partial charge in [-0.2, -0.15) is 0 Å². The quantitative estimate of drug-likeness (QED) is 0.847. The third kappa shape index (κ3) is 3.48. The fourth-order valence-electron chi connectivity index (χ4n) is 2.86. The van der Waals surface area contributed by atoms with Crippen LogP contribution in [0.25, 0.3) is 0 Å². The minimum atomic E-state index is -0.0528. The Bertz CT molecular complexity index is 506. The molecule has 3 rings (SSSR count). The zero-order chi connectivity index (χ0) is 14.8. The van der Waals surface area contributed by atoms with Crippen LogP contribution in [0, 0.1) is 5.92 Å². The first kappa shape index (κ1) is 14.6. The van der Waals surface area contributed by atoms with Gasteiger partial charge in [-0.15, -0.1) is 0 Å². The van der Waals surface area contributed by atoms with E-state index in [0.717, 1.165) is 37.0 Å². The topological polar surface area (TPSA) is 71.2 Å². The molecule has 1 saturated carbocycles. The molecule has 1 aromatic heterocycles. The first-order chi connectivity index (χ1) is 10.2. The Kier molecular flexibility index (Phi) is 4.33. The average molecular weight is 308 g/mol. The number of amides is 1. The number of thiazole rings is 1. The van der Waals surface area contributed by atoms with E-state index in [1.165, 1.54) is 37.0 Å². The molecule has 21 heavy (non-hydrogen) atoms. The first-order valence-corrected chi connectivity index (χ1v) is 8.81. The van der Waals surface area contributed by atoms with Gasteiger partial charge < -0.3 is 16.0 Å². The predicted octanol–water partition coefficient (Wildman–Crippen LogP) is 2.63. The molecule has 1 aliphatic heterocycles. The summed E-state index contributed by atoms with van der Waals surface area (Å²) in [5.74, 6) is 1.14. The summed E-state index contributed by atoms with van der Waals surface area (Å²) in [5, 5.41) is 4.03. The number of carbonyl (C=O) groups excluding carboxylic acids is 1. The number of anilines is 2. The van der Waals surface area contributed by atoms with Gasteiger partial charge in [0.2, 0.25) is 0 Å². The molecule has 116 valence electrons. The summed E-state index contributed by atoms with van der Waals surface area (Å²) >= 11 is 1.43. The van der Waals surface area contributed by atoms with Crippen molar-refractivity contribution in [3.63, 3.8) is 0 Å². The van der Waals surface area contributed by atoms with Crippen molar-refractivity contribution in [2.24, 2.45) is 5.92 Å². The first-order valence-electron chi connectivity index (χ1n) is 7.99. The molecule has 0 spiro atoms. The van der Waals surface area contributed by atoms with Gasteiger partial charge in [-0.1, -0.05) is 31.1 Å². The predicted molar refractivity (Wildman–Crippen MR) is 86.9 cm³/mol. The summed E-state index contributed by atoms with van der Waals surface area (Å²) < 4.78 is 0. The Morgan fingerprint density at radius 3 is 2.81 bits per heavy atom. The van der Waals surface area contributed by atoms with Crippen LogP contribution in [0.2, 0.25) is 0 Å². The highest BCUT2D eigenvalue weighted by atomic mass is 32.1. The third-order valence-corrected chi connectivity index (χ3v) is 5.50. The molecule has 5 nitrogen and oxygen atoms in total. The van der Waals surface area contributed by atoms with Gasteiger partial charge in [0.25, 0.3) is 5.91 Å². The highest BCUT2D eigenvalue weighted by molar-refractivity contribution is 7.18. The maximum Gasteiger partial charge on any atom is 0.265 e. The molecule has 2 fully saturated rings. The van der Waals surface area contributed by atoms with Crippen molar-refractivity contribution in [2.45, 2.75) is 51.5 Å². The lowest BCUT2D eigenvalue weighted by Crippen LogP contribution is -2.34. The van der Waals surface area contributed by atoms with Crippen LogP contribution in [-0.4, -0.2) is 30.0 Å². The van der Waals surface area contributed by atoms with Gasteiger partial charge in [-0.3, -0.25) is 4.79 Å². The molecule has 0 radical (unpaired) electrons. The van der Waals surface area contributed by atoms with Gasteiger partial charge in [-0.25, -0.2) is 4.98 Å².